The first-order valence-electron chi connectivity index (χ1n) is 7.92. The van der Waals surface area contributed by atoms with Gasteiger partial charge in [0, 0.05) is 23.1 Å². The van der Waals surface area contributed by atoms with Crippen LogP contribution in [0.4, 0.5) is 11.4 Å². The van der Waals surface area contributed by atoms with E-state index in [0.29, 0.717) is 11.3 Å². The molecule has 2 aromatic carbocycles. The number of ketones is 1. The van der Waals surface area contributed by atoms with Gasteiger partial charge in [-0.2, -0.15) is 5.26 Å². The molecule has 2 rings (SSSR count). The third-order valence-corrected chi connectivity index (χ3v) is 3.66. The summed E-state index contributed by atoms with van der Waals surface area (Å²) in [5.74, 6) is -0.630. The van der Waals surface area contributed by atoms with Crippen molar-refractivity contribution < 1.29 is 9.59 Å². The highest BCUT2D eigenvalue weighted by atomic mass is 16.1. The highest BCUT2D eigenvalue weighted by molar-refractivity contribution is 6.07. The number of amides is 1. The minimum atomic E-state index is -0.537. The summed E-state index contributed by atoms with van der Waals surface area (Å²) in [6, 6.07) is 16.2. The van der Waals surface area contributed by atoms with Gasteiger partial charge >= 0.3 is 0 Å². The molecule has 0 aromatic heterocycles. The molecule has 0 aliphatic rings. The Morgan fingerprint density at radius 1 is 1.16 bits per heavy atom. The lowest BCUT2D eigenvalue weighted by molar-refractivity contribution is -0.112. The zero-order chi connectivity index (χ0) is 18.2. The molecular weight excluding hydrogens is 314 g/mol. The van der Waals surface area contributed by atoms with E-state index in [1.165, 1.54) is 13.1 Å². The standard InChI is InChI=1S/C20H19N3O2/c1-3-15-7-4-5-10-19(15)22-13-17(12-21)20(25)23-18-9-6-8-16(11-18)14(2)24/h4-11,13,22H,3H2,1-2H3,(H,23,25)/b17-13-. The largest absolute Gasteiger partial charge is 0.360 e. The second kappa shape index (κ2) is 8.46. The average Bonchev–Trinajstić information content (AvgIpc) is 2.62. The quantitative estimate of drug-likeness (QED) is 0.477. The lowest BCUT2D eigenvalue weighted by Crippen LogP contribution is -2.15. The van der Waals surface area contributed by atoms with Gasteiger partial charge in [-0.3, -0.25) is 9.59 Å². The van der Waals surface area contributed by atoms with E-state index in [2.05, 4.69) is 10.6 Å². The molecule has 0 fully saturated rings. The van der Waals surface area contributed by atoms with E-state index >= 15 is 0 Å². The Morgan fingerprint density at radius 3 is 2.60 bits per heavy atom. The van der Waals surface area contributed by atoms with Gasteiger partial charge in [-0.1, -0.05) is 37.3 Å². The number of nitrogens with zero attached hydrogens (tertiary/aromatic N) is 1. The van der Waals surface area contributed by atoms with Crippen LogP contribution >= 0.6 is 0 Å². The van der Waals surface area contributed by atoms with Gasteiger partial charge in [0.15, 0.2) is 5.78 Å². The fourth-order valence-electron chi connectivity index (χ4n) is 2.28. The smallest absolute Gasteiger partial charge is 0.267 e. The fourth-order valence-corrected chi connectivity index (χ4v) is 2.28. The van der Waals surface area contributed by atoms with Crippen LogP contribution in [0, 0.1) is 11.3 Å². The van der Waals surface area contributed by atoms with Crippen LogP contribution in [-0.4, -0.2) is 11.7 Å². The van der Waals surface area contributed by atoms with Crippen molar-refractivity contribution in [2.24, 2.45) is 0 Å². The monoisotopic (exact) mass is 333 g/mol. The van der Waals surface area contributed by atoms with Gasteiger partial charge in [0.2, 0.25) is 0 Å². The Hall–Kier alpha value is -3.39. The lowest BCUT2D eigenvalue weighted by Gasteiger charge is -2.08. The molecule has 0 radical (unpaired) electrons. The minimum absolute atomic E-state index is 0.0564. The predicted octanol–water partition coefficient (Wildman–Crippen LogP) is 3.91. The van der Waals surface area contributed by atoms with E-state index in [1.807, 2.05) is 37.3 Å². The Balaban J connectivity index is 2.14. The topological polar surface area (TPSA) is 82.0 Å². The van der Waals surface area contributed by atoms with Crippen LogP contribution < -0.4 is 10.6 Å². The van der Waals surface area contributed by atoms with Gasteiger partial charge in [0.1, 0.15) is 11.6 Å². The zero-order valence-corrected chi connectivity index (χ0v) is 14.2. The summed E-state index contributed by atoms with van der Waals surface area (Å²) in [6.07, 6.45) is 2.22. The molecule has 0 bridgehead atoms. The summed E-state index contributed by atoms with van der Waals surface area (Å²) in [6.45, 7) is 3.49. The van der Waals surface area contributed by atoms with Gasteiger partial charge < -0.3 is 10.6 Å². The van der Waals surface area contributed by atoms with Crippen LogP contribution in [-0.2, 0) is 11.2 Å². The van der Waals surface area contributed by atoms with Crippen LogP contribution in [0.3, 0.4) is 0 Å². The second-order valence-electron chi connectivity index (χ2n) is 5.42. The molecule has 0 aliphatic heterocycles. The molecule has 0 aliphatic carbocycles. The number of carbonyl (C=O) groups excluding carboxylic acids is 2. The number of carbonyl (C=O) groups is 2. The molecule has 0 saturated carbocycles. The highest BCUT2D eigenvalue weighted by Crippen LogP contribution is 2.16. The SMILES string of the molecule is CCc1ccccc1N/C=C(/C#N)C(=O)Nc1cccc(C(C)=O)c1. The van der Waals surface area contributed by atoms with E-state index in [-0.39, 0.29) is 11.4 Å². The minimum Gasteiger partial charge on any atom is -0.360 e. The van der Waals surface area contributed by atoms with Crippen molar-refractivity contribution in [3.05, 3.63) is 71.4 Å². The predicted molar refractivity (Wildman–Crippen MR) is 98.2 cm³/mol. The molecule has 0 heterocycles. The number of nitrogens with one attached hydrogen (secondary N) is 2. The summed E-state index contributed by atoms with van der Waals surface area (Å²) in [5.41, 5.74) is 2.84. The van der Waals surface area contributed by atoms with Gasteiger partial charge in [-0.15, -0.1) is 0 Å². The summed E-state index contributed by atoms with van der Waals surface area (Å²) < 4.78 is 0. The van der Waals surface area contributed by atoms with Crippen LogP contribution in [0.2, 0.25) is 0 Å². The van der Waals surface area contributed by atoms with Crippen molar-refractivity contribution in [1.29, 1.82) is 5.26 Å². The van der Waals surface area contributed by atoms with E-state index in [4.69, 9.17) is 0 Å². The fraction of sp³-hybridized carbons (Fsp3) is 0.150. The summed E-state index contributed by atoms with van der Waals surface area (Å²) >= 11 is 0. The van der Waals surface area contributed by atoms with Crippen molar-refractivity contribution in [2.75, 3.05) is 10.6 Å². The Bertz CT molecular complexity index is 863. The normalized spacial score (nSPS) is 10.7. The van der Waals surface area contributed by atoms with Crippen molar-refractivity contribution >= 4 is 23.1 Å². The first-order valence-corrected chi connectivity index (χ1v) is 7.92. The zero-order valence-electron chi connectivity index (χ0n) is 14.2. The van der Waals surface area contributed by atoms with Crippen molar-refractivity contribution in [2.45, 2.75) is 20.3 Å². The number of benzene rings is 2. The van der Waals surface area contributed by atoms with Crippen LogP contribution in [0.5, 0.6) is 0 Å². The summed E-state index contributed by atoms with van der Waals surface area (Å²) in [7, 11) is 0. The van der Waals surface area contributed by atoms with Gasteiger partial charge in [0.25, 0.3) is 5.91 Å². The van der Waals surface area contributed by atoms with E-state index in [1.54, 1.807) is 24.3 Å². The van der Waals surface area contributed by atoms with Gasteiger partial charge in [0.05, 0.1) is 0 Å². The van der Waals surface area contributed by atoms with Crippen LogP contribution in [0.15, 0.2) is 60.3 Å². The Morgan fingerprint density at radius 2 is 1.92 bits per heavy atom. The molecule has 2 N–H and O–H groups in total. The number of para-hydroxylation sites is 1. The Kier molecular flexibility index (Phi) is 6.08. The highest BCUT2D eigenvalue weighted by Gasteiger charge is 2.10. The molecule has 0 spiro atoms. The van der Waals surface area contributed by atoms with Crippen LogP contribution in [0.1, 0.15) is 29.8 Å². The number of hydrogen-bond acceptors (Lipinski definition) is 4. The molecule has 126 valence electrons. The maximum atomic E-state index is 12.3. The second-order valence-corrected chi connectivity index (χ2v) is 5.42. The van der Waals surface area contributed by atoms with Gasteiger partial charge in [-0.05, 0) is 37.1 Å². The summed E-state index contributed by atoms with van der Waals surface area (Å²) in [5, 5.41) is 14.9. The first-order chi connectivity index (χ1) is 12.0. The number of aryl methyl sites for hydroxylation is 1. The number of hydrogen-bond donors (Lipinski definition) is 2. The first kappa shape index (κ1) is 18.0. The maximum Gasteiger partial charge on any atom is 0.267 e. The van der Waals surface area contributed by atoms with Gasteiger partial charge in [-0.25, -0.2) is 0 Å². The lowest BCUT2D eigenvalue weighted by atomic mass is 10.1. The maximum absolute atomic E-state index is 12.3. The molecule has 0 saturated heterocycles. The third-order valence-electron chi connectivity index (χ3n) is 3.66. The van der Waals surface area contributed by atoms with E-state index in [0.717, 1.165) is 17.7 Å². The molecule has 0 atom stereocenters. The Labute approximate surface area is 147 Å². The van der Waals surface area contributed by atoms with Crippen LogP contribution in [0.25, 0.3) is 0 Å². The number of nitriles is 1. The molecule has 5 nitrogen and oxygen atoms in total. The number of rotatable bonds is 6. The molecule has 25 heavy (non-hydrogen) atoms. The van der Waals surface area contributed by atoms with E-state index in [9.17, 15) is 14.9 Å². The molecule has 0 unspecified atom stereocenters. The molecule has 5 heteroatoms. The van der Waals surface area contributed by atoms with E-state index < -0.39 is 5.91 Å². The molecular formula is C20H19N3O2. The summed E-state index contributed by atoms with van der Waals surface area (Å²) in [4.78, 5) is 23.7. The third kappa shape index (κ3) is 4.79. The molecule has 2 aromatic rings. The number of Topliss-reactive ketones (excluding diaryl/α,β-unsaturated/α-hetero) is 1. The van der Waals surface area contributed by atoms with Crippen molar-refractivity contribution in [3.63, 3.8) is 0 Å². The van der Waals surface area contributed by atoms with Crippen molar-refractivity contribution in [3.8, 4) is 6.07 Å². The molecule has 1 amide bonds. The average molecular weight is 333 g/mol. The van der Waals surface area contributed by atoms with Crippen molar-refractivity contribution in [1.82, 2.24) is 0 Å². The number of anilines is 2.